The molecule has 2 N–H and O–H groups in total. The van der Waals surface area contributed by atoms with E-state index in [4.69, 9.17) is 4.74 Å². The highest BCUT2D eigenvalue weighted by Crippen LogP contribution is 2.21. The van der Waals surface area contributed by atoms with Crippen LogP contribution in [0.15, 0.2) is 54.7 Å². The zero-order valence-electron chi connectivity index (χ0n) is 15.9. The Morgan fingerprint density at radius 3 is 2.50 bits per heavy atom. The van der Waals surface area contributed by atoms with E-state index in [0.717, 1.165) is 5.52 Å². The van der Waals surface area contributed by atoms with Gasteiger partial charge in [-0.1, -0.05) is 30.3 Å². The van der Waals surface area contributed by atoms with Crippen LogP contribution >= 0.6 is 0 Å². The van der Waals surface area contributed by atoms with E-state index in [1.165, 1.54) is 31.2 Å². The van der Waals surface area contributed by atoms with Crippen LogP contribution in [0.2, 0.25) is 0 Å². The summed E-state index contributed by atoms with van der Waals surface area (Å²) < 4.78 is 34.3. The maximum Gasteiger partial charge on any atom is 0.387 e. The van der Waals surface area contributed by atoms with Gasteiger partial charge in [0.1, 0.15) is 12.3 Å². The minimum Gasteiger partial charge on any atom is -0.453 e. The number of carbonyl (C=O) groups excluding carboxylic acids is 3. The normalized spacial score (nSPS) is 11.9. The molecule has 0 saturated heterocycles. The number of aromatic amines is 1. The lowest BCUT2D eigenvalue weighted by atomic mass is 10.1. The Morgan fingerprint density at radius 2 is 1.73 bits per heavy atom. The predicted molar refractivity (Wildman–Crippen MR) is 104 cm³/mol. The number of hydrogen-bond acceptors (Lipinski definition) is 5. The van der Waals surface area contributed by atoms with Crippen molar-refractivity contribution in [3.8, 4) is 5.75 Å². The largest absolute Gasteiger partial charge is 0.453 e. The van der Waals surface area contributed by atoms with Crippen molar-refractivity contribution in [1.29, 1.82) is 0 Å². The number of aromatic nitrogens is 1. The molecule has 3 aromatic rings. The third-order valence-corrected chi connectivity index (χ3v) is 4.27. The first kappa shape index (κ1) is 21.0. The van der Waals surface area contributed by atoms with E-state index in [9.17, 15) is 23.2 Å². The van der Waals surface area contributed by atoms with Crippen molar-refractivity contribution in [2.45, 2.75) is 19.6 Å². The zero-order valence-corrected chi connectivity index (χ0v) is 15.9. The summed E-state index contributed by atoms with van der Waals surface area (Å²) in [7, 11) is 0. The number of para-hydroxylation sites is 2. The number of carbonyl (C=O) groups is 3. The molecule has 9 heteroatoms. The van der Waals surface area contributed by atoms with Gasteiger partial charge in [-0.25, -0.2) is 0 Å². The van der Waals surface area contributed by atoms with Crippen LogP contribution in [0.4, 0.5) is 8.78 Å². The summed E-state index contributed by atoms with van der Waals surface area (Å²) in [5, 5.41) is 2.97. The maximum atomic E-state index is 12.6. The van der Waals surface area contributed by atoms with E-state index >= 15 is 0 Å². The van der Waals surface area contributed by atoms with Crippen LogP contribution in [0.3, 0.4) is 0 Å². The predicted octanol–water partition coefficient (Wildman–Crippen LogP) is 3.31. The molecule has 0 aliphatic carbocycles. The van der Waals surface area contributed by atoms with Gasteiger partial charge >= 0.3 is 12.6 Å². The van der Waals surface area contributed by atoms with Gasteiger partial charge in [0, 0.05) is 22.7 Å². The molecule has 0 spiro atoms. The van der Waals surface area contributed by atoms with Crippen LogP contribution in [0.25, 0.3) is 10.9 Å². The van der Waals surface area contributed by atoms with E-state index in [1.807, 2.05) is 12.1 Å². The number of ether oxygens (including phenoxy) is 2. The molecule has 0 saturated carbocycles. The summed E-state index contributed by atoms with van der Waals surface area (Å²) in [6.45, 7) is -2.22. The van der Waals surface area contributed by atoms with Gasteiger partial charge in [-0.2, -0.15) is 8.78 Å². The zero-order chi connectivity index (χ0) is 21.7. The molecule has 7 nitrogen and oxygen atoms in total. The van der Waals surface area contributed by atoms with E-state index in [-0.39, 0.29) is 11.3 Å². The topological polar surface area (TPSA) is 97.5 Å². The van der Waals surface area contributed by atoms with Crippen LogP contribution in [0.1, 0.15) is 27.6 Å². The van der Waals surface area contributed by atoms with Crippen molar-refractivity contribution in [1.82, 2.24) is 10.3 Å². The average Bonchev–Trinajstić information content (AvgIpc) is 3.15. The lowest BCUT2D eigenvalue weighted by Gasteiger charge is -2.13. The molecule has 1 atom stereocenters. The molecule has 0 fully saturated rings. The molecule has 3 rings (SSSR count). The van der Waals surface area contributed by atoms with Crippen molar-refractivity contribution in [3.05, 3.63) is 65.9 Å². The minimum atomic E-state index is -3.10. The number of rotatable bonds is 8. The minimum absolute atomic E-state index is 0.159. The van der Waals surface area contributed by atoms with E-state index in [1.54, 1.807) is 18.3 Å². The van der Waals surface area contributed by atoms with Gasteiger partial charge in [0.2, 0.25) is 5.78 Å². The molecule has 0 aliphatic heterocycles. The lowest BCUT2D eigenvalue weighted by Crippen LogP contribution is -2.34. The Balaban J connectivity index is 1.58. The standard InChI is InChI=1S/C21H18F2N2O5/c1-12(19(27)15-10-24-16-8-4-2-6-13(15)16)29-18(26)11-25-20(28)14-7-3-5-9-17(14)30-21(22)23/h2-10,12,21,24H,11H2,1H3,(H,25,28)/t12-/m1/s1. The molecule has 0 bridgehead atoms. The molecular formula is C21H18F2N2O5. The first-order valence-corrected chi connectivity index (χ1v) is 8.98. The van der Waals surface area contributed by atoms with Gasteiger partial charge in [0.25, 0.3) is 5.91 Å². The maximum absolute atomic E-state index is 12.6. The summed E-state index contributed by atoms with van der Waals surface area (Å²) in [4.78, 5) is 39.8. The Bertz CT molecular complexity index is 1080. The van der Waals surface area contributed by atoms with Gasteiger partial charge in [0.05, 0.1) is 5.56 Å². The van der Waals surface area contributed by atoms with Crippen LogP contribution in [0, 0.1) is 0 Å². The number of alkyl halides is 2. The third-order valence-electron chi connectivity index (χ3n) is 4.27. The van der Waals surface area contributed by atoms with E-state index in [0.29, 0.717) is 10.9 Å². The SMILES string of the molecule is C[C@@H](OC(=O)CNC(=O)c1ccccc1OC(F)F)C(=O)c1c[nH]c2ccccc12. The number of esters is 1. The Morgan fingerprint density at radius 1 is 1.03 bits per heavy atom. The average molecular weight is 416 g/mol. The number of H-pyrrole nitrogens is 1. The van der Waals surface area contributed by atoms with Crippen LogP contribution in [-0.2, 0) is 9.53 Å². The molecule has 1 aromatic heterocycles. The van der Waals surface area contributed by atoms with Gasteiger partial charge < -0.3 is 19.8 Å². The molecule has 0 unspecified atom stereocenters. The Labute approximate surface area is 170 Å². The number of fused-ring (bicyclic) bond motifs is 1. The number of amides is 1. The number of halogens is 2. The van der Waals surface area contributed by atoms with Gasteiger partial charge in [-0.15, -0.1) is 0 Å². The fourth-order valence-corrected chi connectivity index (χ4v) is 2.89. The van der Waals surface area contributed by atoms with Gasteiger partial charge in [-0.3, -0.25) is 14.4 Å². The van der Waals surface area contributed by atoms with Crippen molar-refractivity contribution in [3.63, 3.8) is 0 Å². The Hall–Kier alpha value is -3.75. The molecule has 30 heavy (non-hydrogen) atoms. The second-order valence-corrected chi connectivity index (χ2v) is 6.30. The smallest absolute Gasteiger partial charge is 0.387 e. The highest BCUT2D eigenvalue weighted by Gasteiger charge is 2.23. The van der Waals surface area contributed by atoms with Crippen molar-refractivity contribution in [2.24, 2.45) is 0 Å². The summed E-state index contributed by atoms with van der Waals surface area (Å²) in [6.07, 6.45) is 0.460. The first-order chi connectivity index (χ1) is 14.4. The van der Waals surface area contributed by atoms with Crippen LogP contribution in [0.5, 0.6) is 5.75 Å². The molecule has 1 amide bonds. The molecule has 2 aromatic carbocycles. The molecule has 0 aliphatic rings. The van der Waals surface area contributed by atoms with Crippen molar-refractivity contribution >= 4 is 28.6 Å². The van der Waals surface area contributed by atoms with E-state index in [2.05, 4.69) is 15.0 Å². The number of hydrogen-bond donors (Lipinski definition) is 2. The van der Waals surface area contributed by atoms with Gasteiger partial charge in [-0.05, 0) is 25.1 Å². The van der Waals surface area contributed by atoms with Gasteiger partial charge in [0.15, 0.2) is 6.10 Å². The highest BCUT2D eigenvalue weighted by atomic mass is 19.3. The summed E-state index contributed by atoms with van der Waals surface area (Å²) in [5.74, 6) is -2.36. The molecule has 0 radical (unpaired) electrons. The third kappa shape index (κ3) is 4.80. The Kier molecular flexibility index (Phi) is 6.41. The fourth-order valence-electron chi connectivity index (χ4n) is 2.89. The first-order valence-electron chi connectivity index (χ1n) is 8.98. The second-order valence-electron chi connectivity index (χ2n) is 6.30. The lowest BCUT2D eigenvalue weighted by molar-refractivity contribution is -0.145. The summed E-state index contributed by atoms with van der Waals surface area (Å²) in [5.41, 5.74) is 0.998. The van der Waals surface area contributed by atoms with Crippen molar-refractivity contribution in [2.75, 3.05) is 6.54 Å². The quantitative estimate of drug-likeness (QED) is 0.434. The van der Waals surface area contributed by atoms with Crippen LogP contribution < -0.4 is 10.1 Å². The number of ketones is 1. The molecular weight excluding hydrogens is 398 g/mol. The summed E-state index contributed by atoms with van der Waals surface area (Å²) in [6, 6.07) is 12.6. The molecule has 156 valence electrons. The fraction of sp³-hybridized carbons (Fsp3) is 0.190. The van der Waals surface area contributed by atoms with Crippen molar-refractivity contribution < 1.29 is 32.6 Å². The summed E-state index contributed by atoms with van der Waals surface area (Å²) >= 11 is 0. The number of Topliss-reactive ketones (excluding diaryl/α,β-unsaturated/α-hetero) is 1. The highest BCUT2D eigenvalue weighted by molar-refractivity contribution is 6.10. The monoisotopic (exact) mass is 416 g/mol. The molecule has 1 heterocycles. The number of nitrogens with one attached hydrogen (secondary N) is 2. The second kappa shape index (κ2) is 9.17. The number of benzene rings is 2. The van der Waals surface area contributed by atoms with Crippen LogP contribution in [-0.4, -0.2) is 41.9 Å². The van der Waals surface area contributed by atoms with E-state index < -0.39 is 36.9 Å².